The molecule has 0 saturated carbocycles. The van der Waals surface area contributed by atoms with Crippen molar-refractivity contribution in [3.8, 4) is 5.75 Å². The number of aliphatic carboxylic acids is 1. The summed E-state index contributed by atoms with van der Waals surface area (Å²) in [5.41, 5.74) is 3.75. The lowest BCUT2D eigenvalue weighted by Crippen LogP contribution is -2.31. The maximum Gasteiger partial charge on any atom is 0.308 e. The predicted molar refractivity (Wildman–Crippen MR) is 184 cm³/mol. The number of ether oxygens (including phenoxy) is 1. The van der Waals surface area contributed by atoms with E-state index in [2.05, 4.69) is 5.10 Å². The third kappa shape index (κ3) is 5.16. The second-order valence-electron chi connectivity index (χ2n) is 12.1. The van der Waals surface area contributed by atoms with Crippen molar-refractivity contribution >= 4 is 79.9 Å². The number of carbonyl (C=O) groups excluding carboxylic acids is 3. The van der Waals surface area contributed by atoms with Gasteiger partial charge in [0.2, 0.25) is 0 Å². The average molecular weight is 686 g/mol. The van der Waals surface area contributed by atoms with Gasteiger partial charge in [-0.2, -0.15) is 5.10 Å². The highest BCUT2D eigenvalue weighted by Crippen LogP contribution is 2.47. The van der Waals surface area contributed by atoms with Gasteiger partial charge in [-0.3, -0.25) is 23.9 Å². The SMILES string of the molecule is CC(=O)Oc1cc2c(c3ccccc13)[C@H](CCl)CN2C(=O)c1cc(C(=O)N2C[C@@H](CCl)c3c2cc(CC(=O)O)c2ccccc32)nn1C. The molecule has 0 unspecified atom stereocenters. The molecule has 5 aromatic rings. The molecule has 2 atom stereocenters. The van der Waals surface area contributed by atoms with Crippen LogP contribution in [-0.4, -0.2) is 63.5 Å². The van der Waals surface area contributed by atoms with Gasteiger partial charge < -0.3 is 19.6 Å². The van der Waals surface area contributed by atoms with Crippen LogP contribution in [0.4, 0.5) is 11.4 Å². The van der Waals surface area contributed by atoms with Crippen LogP contribution in [0, 0.1) is 0 Å². The minimum Gasteiger partial charge on any atom is -0.481 e. The minimum absolute atomic E-state index is 0.0578. The van der Waals surface area contributed by atoms with E-state index in [9.17, 15) is 24.3 Å². The standard InChI is InChI=1S/C36H30Cl2N4O6/c1-19(43)48-31-14-29-34(26-10-6-4-8-24(26)31)22(16-38)18-42(29)36(47)30-13-27(39-40(30)2)35(46)41-17-21(15-37)33-25-9-5-3-7-23(25)20(11-28(33)41)12-32(44)45/h3-11,13-14,21-22H,12,15-18H2,1-2H3,(H,44,45)/t21-,22-/m1/s1. The fraction of sp³-hybridized carbons (Fsp3) is 0.250. The Morgan fingerprint density at radius 1 is 0.812 bits per heavy atom. The van der Waals surface area contributed by atoms with E-state index in [0.717, 1.165) is 32.7 Å². The number of aromatic nitrogens is 2. The molecule has 3 heterocycles. The van der Waals surface area contributed by atoms with E-state index < -0.39 is 23.8 Å². The molecular formula is C36H30Cl2N4O6. The van der Waals surface area contributed by atoms with Gasteiger partial charge in [-0.15, -0.1) is 23.2 Å². The lowest BCUT2D eigenvalue weighted by Gasteiger charge is -2.19. The summed E-state index contributed by atoms with van der Waals surface area (Å²) in [6, 6.07) is 20.0. The molecule has 0 spiro atoms. The molecule has 12 heteroatoms. The maximum atomic E-state index is 14.2. The van der Waals surface area contributed by atoms with Gasteiger partial charge in [0.05, 0.1) is 12.1 Å². The van der Waals surface area contributed by atoms with Crippen LogP contribution in [-0.2, 0) is 23.1 Å². The highest BCUT2D eigenvalue weighted by Gasteiger charge is 2.39. The quantitative estimate of drug-likeness (QED) is 0.122. The van der Waals surface area contributed by atoms with E-state index in [0.29, 0.717) is 22.7 Å². The van der Waals surface area contributed by atoms with Crippen LogP contribution in [0.5, 0.6) is 5.75 Å². The largest absolute Gasteiger partial charge is 0.481 e. The zero-order valence-corrected chi connectivity index (χ0v) is 27.6. The van der Waals surface area contributed by atoms with Crippen molar-refractivity contribution in [1.82, 2.24) is 9.78 Å². The summed E-state index contributed by atoms with van der Waals surface area (Å²) in [6.07, 6.45) is -0.210. The summed E-state index contributed by atoms with van der Waals surface area (Å²) in [7, 11) is 1.60. The number of carbonyl (C=O) groups is 4. The lowest BCUT2D eigenvalue weighted by molar-refractivity contribution is -0.136. The van der Waals surface area contributed by atoms with Crippen molar-refractivity contribution < 1.29 is 29.0 Å². The number of aryl methyl sites for hydroxylation is 1. The number of amides is 2. The van der Waals surface area contributed by atoms with E-state index >= 15 is 0 Å². The number of rotatable bonds is 7. The number of alkyl halides is 2. The Hall–Kier alpha value is -4.93. The van der Waals surface area contributed by atoms with Crippen LogP contribution >= 0.6 is 23.2 Å². The molecular weight excluding hydrogens is 655 g/mol. The molecule has 1 aromatic heterocycles. The molecule has 0 fully saturated rings. The first-order valence-electron chi connectivity index (χ1n) is 15.4. The van der Waals surface area contributed by atoms with E-state index in [1.165, 1.54) is 17.7 Å². The van der Waals surface area contributed by atoms with Gasteiger partial charge in [0, 0.05) is 73.9 Å². The molecule has 2 amide bonds. The fourth-order valence-corrected chi connectivity index (χ4v) is 7.67. The summed E-state index contributed by atoms with van der Waals surface area (Å²) in [5.74, 6) is -1.80. The molecule has 244 valence electrons. The van der Waals surface area contributed by atoms with Crippen molar-refractivity contribution in [2.24, 2.45) is 7.05 Å². The highest BCUT2D eigenvalue weighted by atomic mass is 35.5. The highest BCUT2D eigenvalue weighted by molar-refractivity contribution is 6.20. The number of fused-ring (bicyclic) bond motifs is 6. The van der Waals surface area contributed by atoms with E-state index in [4.69, 9.17) is 27.9 Å². The first-order chi connectivity index (χ1) is 23.1. The molecule has 2 aliphatic heterocycles. The van der Waals surface area contributed by atoms with Crippen molar-refractivity contribution in [3.63, 3.8) is 0 Å². The summed E-state index contributed by atoms with van der Waals surface area (Å²) in [6.45, 7) is 1.89. The first kappa shape index (κ1) is 31.7. The van der Waals surface area contributed by atoms with Gasteiger partial charge in [-0.05, 0) is 38.9 Å². The smallest absolute Gasteiger partial charge is 0.308 e. The molecule has 0 aliphatic carbocycles. The summed E-state index contributed by atoms with van der Waals surface area (Å²) >= 11 is 12.9. The molecule has 7 rings (SSSR count). The zero-order valence-electron chi connectivity index (χ0n) is 26.1. The van der Waals surface area contributed by atoms with Crippen LogP contribution in [0.15, 0.2) is 66.7 Å². The van der Waals surface area contributed by atoms with Crippen molar-refractivity contribution in [2.75, 3.05) is 34.6 Å². The Kier molecular flexibility index (Phi) is 8.09. The Labute approximate surface area is 285 Å². The lowest BCUT2D eigenvalue weighted by atomic mass is 9.92. The number of carboxylic acid groups (broad SMARTS) is 1. The van der Waals surface area contributed by atoms with Gasteiger partial charge in [-0.1, -0.05) is 48.5 Å². The molecule has 10 nitrogen and oxygen atoms in total. The molecule has 1 N–H and O–H groups in total. The van der Waals surface area contributed by atoms with Gasteiger partial charge in [0.15, 0.2) is 5.69 Å². The van der Waals surface area contributed by atoms with E-state index in [-0.39, 0.29) is 54.5 Å². The Bertz CT molecular complexity index is 2180. The van der Waals surface area contributed by atoms with Crippen LogP contribution in [0.25, 0.3) is 21.5 Å². The van der Waals surface area contributed by atoms with Crippen LogP contribution < -0.4 is 14.5 Å². The third-order valence-electron chi connectivity index (χ3n) is 9.16. The van der Waals surface area contributed by atoms with E-state index in [1.807, 2.05) is 48.5 Å². The maximum absolute atomic E-state index is 14.2. The molecule has 0 saturated heterocycles. The number of carboxylic acids is 1. The first-order valence-corrected chi connectivity index (χ1v) is 16.5. The molecule has 48 heavy (non-hydrogen) atoms. The monoisotopic (exact) mass is 684 g/mol. The number of anilines is 2. The number of esters is 1. The summed E-state index contributed by atoms with van der Waals surface area (Å²) in [5, 5.41) is 17.3. The summed E-state index contributed by atoms with van der Waals surface area (Å²) < 4.78 is 6.93. The predicted octanol–water partition coefficient (Wildman–Crippen LogP) is 6.24. The Morgan fingerprint density at radius 3 is 1.94 bits per heavy atom. The van der Waals surface area contributed by atoms with Gasteiger partial charge in [0.1, 0.15) is 11.4 Å². The number of benzene rings is 4. The molecule has 0 bridgehead atoms. The van der Waals surface area contributed by atoms with Crippen LogP contribution in [0.2, 0.25) is 0 Å². The molecule has 0 radical (unpaired) electrons. The fourth-order valence-electron chi connectivity index (χ4n) is 7.17. The number of hydrogen-bond donors (Lipinski definition) is 1. The number of halogens is 2. The molecule has 4 aromatic carbocycles. The second-order valence-corrected chi connectivity index (χ2v) is 12.7. The third-order valence-corrected chi connectivity index (χ3v) is 9.90. The van der Waals surface area contributed by atoms with Crippen LogP contribution in [0.3, 0.4) is 0 Å². The minimum atomic E-state index is -0.981. The topological polar surface area (TPSA) is 122 Å². The average Bonchev–Trinajstić information content (AvgIpc) is 3.77. The van der Waals surface area contributed by atoms with Crippen molar-refractivity contribution in [2.45, 2.75) is 25.2 Å². The van der Waals surface area contributed by atoms with Crippen LogP contribution in [0.1, 0.15) is 56.4 Å². The second kappa shape index (κ2) is 12.3. The van der Waals surface area contributed by atoms with Gasteiger partial charge >= 0.3 is 11.9 Å². The van der Waals surface area contributed by atoms with E-state index in [1.54, 1.807) is 29.0 Å². The van der Waals surface area contributed by atoms with Crippen molar-refractivity contribution in [3.05, 3.63) is 94.8 Å². The Morgan fingerprint density at radius 2 is 1.35 bits per heavy atom. The van der Waals surface area contributed by atoms with Gasteiger partial charge in [0.25, 0.3) is 11.8 Å². The molecule has 2 aliphatic rings. The normalized spacial score (nSPS) is 16.8. The number of nitrogens with zero attached hydrogens (tertiary/aromatic N) is 4. The summed E-state index contributed by atoms with van der Waals surface area (Å²) in [4.78, 5) is 55.3. The Balaban J connectivity index is 1.27. The van der Waals surface area contributed by atoms with Crippen molar-refractivity contribution in [1.29, 1.82) is 0 Å². The van der Waals surface area contributed by atoms with Gasteiger partial charge in [-0.25, -0.2) is 0 Å². The number of hydrogen-bond acceptors (Lipinski definition) is 6. The zero-order chi connectivity index (χ0) is 33.9.